The number of ether oxygens (including phenoxy) is 2. The van der Waals surface area contributed by atoms with Gasteiger partial charge in [-0.1, -0.05) is 31.9 Å². The van der Waals surface area contributed by atoms with Crippen molar-refractivity contribution < 1.29 is 33.8 Å². The normalized spacial score (nSPS) is 46.5. The second-order valence-electron chi connectivity index (χ2n) is 12.1. The molecule has 0 bridgehead atoms. The Bertz CT molecular complexity index is 1310. The van der Waals surface area contributed by atoms with E-state index in [1.165, 1.54) is 0 Å². The van der Waals surface area contributed by atoms with Crippen LogP contribution in [0.2, 0.25) is 0 Å². The summed E-state index contributed by atoms with van der Waals surface area (Å²) in [5.41, 5.74) is 2.03. The van der Waals surface area contributed by atoms with Crippen LogP contribution >= 0.6 is 0 Å². The second-order valence-corrected chi connectivity index (χ2v) is 12.1. The molecule has 1 N–H and O–H groups in total. The van der Waals surface area contributed by atoms with Crippen molar-refractivity contribution in [3.05, 3.63) is 59.8 Å². The molecule has 7 nitrogen and oxygen atoms in total. The number of rotatable bonds is 0. The molecule has 37 heavy (non-hydrogen) atoms. The van der Waals surface area contributed by atoms with Gasteiger partial charge in [-0.2, -0.15) is 0 Å². The standard InChI is InChI=1S/C30H30O7/c1-11-5-6-16-12(2)28(34)36-26(16)23-17(11)10-19(32)30(23)8-7-15-9-18(31)20-14(4)29(35)37-27(20)21-13(3)25(33)24(30)22(15)21/h15-18,20-21,23,26-27,31H,1-10H2/t15-,16-,17+,18+,20+,21+,23+,26-,27-,30-/m0/s1. The minimum Gasteiger partial charge on any atom is -0.458 e. The number of hydrogen-bond acceptors (Lipinski definition) is 7. The van der Waals surface area contributed by atoms with Crippen molar-refractivity contribution in [3.8, 4) is 0 Å². The van der Waals surface area contributed by atoms with E-state index < -0.39 is 53.4 Å². The van der Waals surface area contributed by atoms with Crippen LogP contribution in [0, 0.1) is 40.9 Å². The summed E-state index contributed by atoms with van der Waals surface area (Å²) in [7, 11) is 0. The summed E-state index contributed by atoms with van der Waals surface area (Å²) in [6.07, 6.45) is 0.828. The van der Waals surface area contributed by atoms with Gasteiger partial charge >= 0.3 is 11.9 Å². The summed E-state index contributed by atoms with van der Waals surface area (Å²) in [6.45, 7) is 16.3. The fourth-order valence-electron chi connectivity index (χ4n) is 9.15. The SMILES string of the molecule is C=C1C(=O)C2=C3[C@@H](CC[C@@]24C(=O)C[C@@H]2C(=C)CC[C@H]5C(=C)C(=O)O[C@@H]5[C@@H]24)C[C@@H](O)[C@H]2C(=C)C(=O)O[C@@H]2[C@H]13. The lowest BCUT2D eigenvalue weighted by Crippen LogP contribution is -2.47. The number of carbonyl (C=O) groups excluding carboxylic acids is 4. The van der Waals surface area contributed by atoms with E-state index >= 15 is 0 Å². The van der Waals surface area contributed by atoms with E-state index in [1.54, 1.807) is 0 Å². The molecule has 2 aliphatic heterocycles. The molecule has 2 heterocycles. The smallest absolute Gasteiger partial charge is 0.334 e. The Kier molecular flexibility index (Phi) is 4.54. The van der Waals surface area contributed by atoms with E-state index in [9.17, 15) is 24.3 Å². The molecule has 2 saturated heterocycles. The minimum absolute atomic E-state index is 0.0187. The molecule has 1 spiro atoms. The van der Waals surface area contributed by atoms with Crippen LogP contribution < -0.4 is 0 Å². The van der Waals surface area contributed by atoms with Crippen LogP contribution in [0.15, 0.2) is 59.8 Å². The first kappa shape index (κ1) is 23.1. The zero-order chi connectivity index (χ0) is 26.1. The van der Waals surface area contributed by atoms with E-state index in [-0.39, 0.29) is 41.3 Å². The average Bonchev–Trinajstić information content (AvgIpc) is 3.44. The lowest BCUT2D eigenvalue weighted by molar-refractivity contribution is -0.146. The number of hydrogen-bond donors (Lipinski definition) is 1. The Morgan fingerprint density at radius 1 is 0.865 bits per heavy atom. The molecule has 5 aliphatic carbocycles. The first-order valence-corrected chi connectivity index (χ1v) is 13.2. The van der Waals surface area contributed by atoms with Gasteiger partial charge in [0.25, 0.3) is 0 Å². The highest BCUT2D eigenvalue weighted by atomic mass is 16.6. The van der Waals surface area contributed by atoms with Gasteiger partial charge in [0.1, 0.15) is 18.0 Å². The first-order valence-electron chi connectivity index (χ1n) is 13.2. The highest BCUT2D eigenvalue weighted by molar-refractivity contribution is 6.17. The molecule has 0 unspecified atom stereocenters. The molecule has 0 aromatic rings. The van der Waals surface area contributed by atoms with Gasteiger partial charge in [0.15, 0.2) is 5.78 Å². The molecule has 7 heteroatoms. The number of ketones is 2. The van der Waals surface area contributed by atoms with Crippen molar-refractivity contribution in [3.63, 3.8) is 0 Å². The van der Waals surface area contributed by atoms with Gasteiger partial charge in [-0.05, 0) is 49.5 Å². The third-order valence-corrected chi connectivity index (χ3v) is 10.7. The molecule has 0 radical (unpaired) electrons. The number of Topliss-reactive ketones (excluding diaryl/α,β-unsaturated/α-hetero) is 2. The molecule has 192 valence electrons. The van der Waals surface area contributed by atoms with E-state index in [1.807, 2.05) is 0 Å². The maximum Gasteiger partial charge on any atom is 0.334 e. The molecule has 0 aromatic heterocycles. The summed E-state index contributed by atoms with van der Waals surface area (Å²) < 4.78 is 11.6. The Morgan fingerprint density at radius 3 is 2.32 bits per heavy atom. The Morgan fingerprint density at radius 2 is 1.57 bits per heavy atom. The number of carbonyl (C=O) groups is 4. The van der Waals surface area contributed by atoms with Gasteiger partial charge in [0, 0.05) is 46.5 Å². The van der Waals surface area contributed by atoms with Gasteiger partial charge in [0.2, 0.25) is 0 Å². The number of aliphatic hydroxyl groups excluding tert-OH is 1. The quantitative estimate of drug-likeness (QED) is 0.308. The largest absolute Gasteiger partial charge is 0.458 e. The molecule has 10 atom stereocenters. The Labute approximate surface area is 215 Å². The average molecular weight is 503 g/mol. The molecular formula is C30H30O7. The van der Waals surface area contributed by atoms with Gasteiger partial charge in [-0.15, -0.1) is 0 Å². The van der Waals surface area contributed by atoms with Crippen molar-refractivity contribution in [1.82, 2.24) is 0 Å². The number of aliphatic hydroxyl groups is 1. The molecule has 7 aliphatic rings. The number of esters is 2. The lowest BCUT2D eigenvalue weighted by atomic mass is 9.57. The third kappa shape index (κ3) is 2.61. The highest BCUT2D eigenvalue weighted by Gasteiger charge is 2.69. The first-order chi connectivity index (χ1) is 17.6. The van der Waals surface area contributed by atoms with Crippen molar-refractivity contribution in [2.75, 3.05) is 0 Å². The minimum atomic E-state index is -1.13. The van der Waals surface area contributed by atoms with Gasteiger partial charge < -0.3 is 14.6 Å². The Hall–Kier alpha value is -3.06. The predicted octanol–water partition coefficient (Wildman–Crippen LogP) is 2.95. The van der Waals surface area contributed by atoms with Gasteiger partial charge in [-0.3, -0.25) is 9.59 Å². The van der Waals surface area contributed by atoms with Gasteiger partial charge in [-0.25, -0.2) is 9.59 Å². The zero-order valence-electron chi connectivity index (χ0n) is 20.7. The second kappa shape index (κ2) is 7.28. The number of allylic oxidation sites excluding steroid dienone is 2. The van der Waals surface area contributed by atoms with E-state index in [0.29, 0.717) is 48.8 Å². The summed E-state index contributed by atoms with van der Waals surface area (Å²) in [5.74, 6) is -3.46. The monoisotopic (exact) mass is 502 g/mol. The van der Waals surface area contributed by atoms with E-state index in [2.05, 4.69) is 26.3 Å². The highest BCUT2D eigenvalue weighted by Crippen LogP contribution is 2.67. The van der Waals surface area contributed by atoms with Crippen LogP contribution in [0.25, 0.3) is 0 Å². The summed E-state index contributed by atoms with van der Waals surface area (Å²) >= 11 is 0. The van der Waals surface area contributed by atoms with Crippen molar-refractivity contribution in [2.45, 2.75) is 56.8 Å². The topological polar surface area (TPSA) is 107 Å². The van der Waals surface area contributed by atoms with E-state index in [4.69, 9.17) is 9.47 Å². The van der Waals surface area contributed by atoms with Crippen LogP contribution in [-0.2, 0) is 28.7 Å². The molecule has 7 rings (SSSR count). The molecular weight excluding hydrogens is 472 g/mol. The van der Waals surface area contributed by atoms with Crippen molar-refractivity contribution >= 4 is 23.5 Å². The maximum atomic E-state index is 14.2. The van der Waals surface area contributed by atoms with Crippen molar-refractivity contribution in [2.24, 2.45) is 40.9 Å². The van der Waals surface area contributed by atoms with E-state index in [0.717, 1.165) is 11.1 Å². The fraction of sp³-hybridized carbons (Fsp3) is 0.533. The van der Waals surface area contributed by atoms with Crippen LogP contribution in [-0.4, -0.2) is 46.9 Å². The molecule has 5 fully saturated rings. The zero-order valence-corrected chi connectivity index (χ0v) is 20.7. The summed E-state index contributed by atoms with van der Waals surface area (Å²) in [6, 6.07) is 0. The maximum absolute atomic E-state index is 14.2. The summed E-state index contributed by atoms with van der Waals surface area (Å²) in [5, 5.41) is 11.1. The fourth-order valence-corrected chi connectivity index (χ4v) is 9.15. The Balaban J connectivity index is 1.45. The van der Waals surface area contributed by atoms with Crippen LogP contribution in [0.5, 0.6) is 0 Å². The van der Waals surface area contributed by atoms with Crippen LogP contribution in [0.3, 0.4) is 0 Å². The number of fused-ring (bicyclic) bond motifs is 7. The van der Waals surface area contributed by atoms with Crippen LogP contribution in [0.1, 0.15) is 38.5 Å². The predicted molar refractivity (Wildman–Crippen MR) is 130 cm³/mol. The van der Waals surface area contributed by atoms with Gasteiger partial charge in [0.05, 0.1) is 17.4 Å². The molecule has 3 saturated carbocycles. The molecule has 0 aromatic carbocycles. The lowest BCUT2D eigenvalue weighted by Gasteiger charge is -2.44. The van der Waals surface area contributed by atoms with Crippen LogP contribution in [0.4, 0.5) is 0 Å². The molecule has 0 amide bonds. The summed E-state index contributed by atoms with van der Waals surface area (Å²) in [4.78, 5) is 53.4. The van der Waals surface area contributed by atoms with Crippen molar-refractivity contribution in [1.29, 1.82) is 0 Å². The third-order valence-electron chi connectivity index (χ3n) is 10.7.